The lowest BCUT2D eigenvalue weighted by molar-refractivity contribution is -0.122. The van der Waals surface area contributed by atoms with E-state index in [4.69, 9.17) is 4.74 Å². The van der Waals surface area contributed by atoms with Crippen molar-refractivity contribution >= 4 is 23.2 Å². The standard InChI is InChI=1S/C27H30N2O3/c1-5-24(32-23-9-7-6-8-10-23)26(31)29-22-17-15-21(16-18-22)28-25(30)19-11-13-20(14-12-19)27(2,3)4/h6-18,24H,5H2,1-4H3,(H,28,30)(H,29,31). The van der Waals surface area contributed by atoms with Crippen LogP contribution in [0.4, 0.5) is 11.4 Å². The number of carbonyl (C=O) groups is 2. The summed E-state index contributed by atoms with van der Waals surface area (Å²) in [7, 11) is 0. The molecule has 0 saturated heterocycles. The zero-order valence-electron chi connectivity index (χ0n) is 19.0. The number of hydrogen-bond donors (Lipinski definition) is 2. The van der Waals surface area contributed by atoms with E-state index in [-0.39, 0.29) is 17.2 Å². The third-order valence-electron chi connectivity index (χ3n) is 5.11. The molecule has 0 spiro atoms. The topological polar surface area (TPSA) is 67.4 Å². The maximum absolute atomic E-state index is 12.6. The summed E-state index contributed by atoms with van der Waals surface area (Å²) < 4.78 is 5.78. The third kappa shape index (κ3) is 6.20. The van der Waals surface area contributed by atoms with Gasteiger partial charge in [-0.1, -0.05) is 58.0 Å². The first-order chi connectivity index (χ1) is 15.3. The molecule has 0 bridgehead atoms. The molecule has 3 aromatic carbocycles. The second-order valence-electron chi connectivity index (χ2n) is 8.68. The molecule has 0 aliphatic carbocycles. The monoisotopic (exact) mass is 430 g/mol. The van der Waals surface area contributed by atoms with Crippen molar-refractivity contribution in [2.45, 2.75) is 45.6 Å². The number of anilines is 2. The lowest BCUT2D eigenvalue weighted by atomic mass is 9.87. The Morgan fingerprint density at radius 3 is 1.91 bits per heavy atom. The van der Waals surface area contributed by atoms with Crippen molar-refractivity contribution < 1.29 is 14.3 Å². The van der Waals surface area contributed by atoms with Gasteiger partial charge in [-0.3, -0.25) is 9.59 Å². The van der Waals surface area contributed by atoms with Crippen molar-refractivity contribution in [2.75, 3.05) is 10.6 Å². The molecule has 0 aromatic heterocycles. The van der Waals surface area contributed by atoms with Crippen LogP contribution in [-0.2, 0) is 10.2 Å². The second-order valence-corrected chi connectivity index (χ2v) is 8.68. The fourth-order valence-corrected chi connectivity index (χ4v) is 3.17. The minimum Gasteiger partial charge on any atom is -0.481 e. The summed E-state index contributed by atoms with van der Waals surface area (Å²) in [6.45, 7) is 8.32. The van der Waals surface area contributed by atoms with Crippen molar-refractivity contribution in [3.05, 3.63) is 90.0 Å². The SMILES string of the molecule is CCC(Oc1ccccc1)C(=O)Nc1ccc(NC(=O)c2ccc(C(C)(C)C)cc2)cc1. The van der Waals surface area contributed by atoms with Crippen LogP contribution in [-0.4, -0.2) is 17.9 Å². The average molecular weight is 431 g/mol. The van der Waals surface area contributed by atoms with Gasteiger partial charge in [0.1, 0.15) is 5.75 Å². The van der Waals surface area contributed by atoms with Crippen molar-refractivity contribution in [3.8, 4) is 5.75 Å². The Balaban J connectivity index is 1.58. The minimum absolute atomic E-state index is 0.0399. The largest absolute Gasteiger partial charge is 0.481 e. The van der Waals surface area contributed by atoms with Crippen LogP contribution in [0.3, 0.4) is 0 Å². The van der Waals surface area contributed by atoms with E-state index in [1.54, 1.807) is 24.3 Å². The molecule has 0 aliphatic rings. The Morgan fingerprint density at radius 1 is 0.812 bits per heavy atom. The molecule has 2 N–H and O–H groups in total. The molecule has 0 radical (unpaired) electrons. The molecular weight excluding hydrogens is 400 g/mol. The van der Waals surface area contributed by atoms with Crippen molar-refractivity contribution in [1.29, 1.82) is 0 Å². The van der Waals surface area contributed by atoms with Gasteiger partial charge in [0, 0.05) is 16.9 Å². The number of amides is 2. The zero-order valence-corrected chi connectivity index (χ0v) is 19.0. The maximum Gasteiger partial charge on any atom is 0.265 e. The molecule has 3 aromatic rings. The number of hydrogen-bond acceptors (Lipinski definition) is 3. The van der Waals surface area contributed by atoms with E-state index in [2.05, 4.69) is 31.4 Å². The summed E-state index contributed by atoms with van der Waals surface area (Å²) in [5, 5.41) is 5.76. The molecule has 166 valence electrons. The molecule has 0 heterocycles. The number of benzene rings is 3. The minimum atomic E-state index is -0.590. The summed E-state index contributed by atoms with van der Waals surface area (Å²) in [5.41, 5.74) is 3.10. The predicted octanol–water partition coefficient (Wildman–Crippen LogP) is 6.03. The van der Waals surface area contributed by atoms with Gasteiger partial charge in [0.25, 0.3) is 11.8 Å². The maximum atomic E-state index is 12.6. The fraction of sp³-hybridized carbons (Fsp3) is 0.259. The van der Waals surface area contributed by atoms with Crippen molar-refractivity contribution in [2.24, 2.45) is 0 Å². The van der Waals surface area contributed by atoms with Crippen LogP contribution < -0.4 is 15.4 Å². The number of carbonyl (C=O) groups excluding carboxylic acids is 2. The van der Waals surface area contributed by atoms with Gasteiger partial charge in [0.05, 0.1) is 0 Å². The first-order valence-electron chi connectivity index (χ1n) is 10.8. The third-order valence-corrected chi connectivity index (χ3v) is 5.11. The molecule has 0 saturated carbocycles. The molecule has 5 heteroatoms. The summed E-state index contributed by atoms with van der Waals surface area (Å²) in [5.74, 6) is 0.264. The second kappa shape index (κ2) is 10.1. The van der Waals surface area contributed by atoms with Crippen molar-refractivity contribution in [3.63, 3.8) is 0 Å². The first-order valence-corrected chi connectivity index (χ1v) is 10.8. The van der Waals surface area contributed by atoms with E-state index >= 15 is 0 Å². The predicted molar refractivity (Wildman–Crippen MR) is 129 cm³/mol. The molecule has 0 fully saturated rings. The van der Waals surface area contributed by atoms with Crippen LogP contribution in [0.25, 0.3) is 0 Å². The molecule has 32 heavy (non-hydrogen) atoms. The van der Waals surface area contributed by atoms with E-state index in [1.807, 2.05) is 61.5 Å². The Hall–Kier alpha value is -3.60. The Labute approximate surface area is 189 Å². The molecule has 1 atom stereocenters. The summed E-state index contributed by atoms with van der Waals surface area (Å²) in [6, 6.07) is 23.9. The summed E-state index contributed by atoms with van der Waals surface area (Å²) >= 11 is 0. The van der Waals surface area contributed by atoms with Crippen LogP contribution in [0.15, 0.2) is 78.9 Å². The highest BCUT2D eigenvalue weighted by molar-refractivity contribution is 6.04. The Bertz CT molecular complexity index is 1040. The average Bonchev–Trinajstić information content (AvgIpc) is 2.79. The van der Waals surface area contributed by atoms with Gasteiger partial charge in [-0.15, -0.1) is 0 Å². The van der Waals surface area contributed by atoms with E-state index in [1.165, 1.54) is 5.56 Å². The van der Waals surface area contributed by atoms with E-state index in [9.17, 15) is 9.59 Å². The van der Waals surface area contributed by atoms with E-state index in [0.29, 0.717) is 29.1 Å². The van der Waals surface area contributed by atoms with Crippen molar-refractivity contribution in [1.82, 2.24) is 0 Å². The quantitative estimate of drug-likeness (QED) is 0.481. The normalized spacial score (nSPS) is 12.0. The molecule has 0 aliphatic heterocycles. The molecule has 5 nitrogen and oxygen atoms in total. The van der Waals surface area contributed by atoms with Gasteiger partial charge >= 0.3 is 0 Å². The van der Waals surface area contributed by atoms with Gasteiger partial charge in [0.2, 0.25) is 0 Å². The van der Waals surface area contributed by atoms with E-state index < -0.39 is 6.10 Å². The Kier molecular flexibility index (Phi) is 7.31. The summed E-state index contributed by atoms with van der Waals surface area (Å²) in [4.78, 5) is 25.1. The van der Waals surface area contributed by atoms with Gasteiger partial charge in [-0.25, -0.2) is 0 Å². The molecular formula is C27H30N2O3. The lowest BCUT2D eigenvalue weighted by Gasteiger charge is -2.19. The molecule has 1 unspecified atom stereocenters. The zero-order chi connectivity index (χ0) is 23.1. The first kappa shape index (κ1) is 23.1. The highest BCUT2D eigenvalue weighted by Crippen LogP contribution is 2.23. The van der Waals surface area contributed by atoms with E-state index in [0.717, 1.165) is 0 Å². The smallest absolute Gasteiger partial charge is 0.265 e. The lowest BCUT2D eigenvalue weighted by Crippen LogP contribution is -2.32. The van der Waals surface area contributed by atoms with Crippen LogP contribution in [0.5, 0.6) is 5.75 Å². The number of rotatable bonds is 7. The van der Waals surface area contributed by atoms with Gasteiger partial charge in [-0.05, 0) is 65.9 Å². The van der Waals surface area contributed by atoms with Crippen LogP contribution in [0.1, 0.15) is 50.0 Å². The van der Waals surface area contributed by atoms with Crippen LogP contribution in [0.2, 0.25) is 0 Å². The van der Waals surface area contributed by atoms with Gasteiger partial charge < -0.3 is 15.4 Å². The molecule has 3 rings (SSSR count). The fourth-order valence-electron chi connectivity index (χ4n) is 3.17. The van der Waals surface area contributed by atoms with Crippen LogP contribution >= 0.6 is 0 Å². The van der Waals surface area contributed by atoms with Gasteiger partial charge in [-0.2, -0.15) is 0 Å². The van der Waals surface area contributed by atoms with Crippen LogP contribution in [0, 0.1) is 0 Å². The highest BCUT2D eigenvalue weighted by atomic mass is 16.5. The highest BCUT2D eigenvalue weighted by Gasteiger charge is 2.19. The number of nitrogens with one attached hydrogen (secondary N) is 2. The molecule has 2 amide bonds. The Morgan fingerprint density at radius 2 is 1.38 bits per heavy atom. The number of ether oxygens (including phenoxy) is 1. The summed E-state index contributed by atoms with van der Waals surface area (Å²) in [6.07, 6.45) is -0.0454. The van der Waals surface area contributed by atoms with Gasteiger partial charge in [0.15, 0.2) is 6.10 Å². The number of para-hydroxylation sites is 1.